The van der Waals surface area contributed by atoms with Crippen LogP contribution in [-0.4, -0.2) is 29.5 Å². The Balaban J connectivity index is 3.16. The minimum atomic E-state index is -0.659. The molecule has 0 atom stereocenters. The first-order valence-electron chi connectivity index (χ1n) is 5.75. The van der Waals surface area contributed by atoms with Crippen LogP contribution in [0.3, 0.4) is 0 Å². The van der Waals surface area contributed by atoms with Crippen LogP contribution in [-0.2, 0) is 11.2 Å². The molecule has 0 saturated heterocycles. The molecule has 0 aliphatic rings. The summed E-state index contributed by atoms with van der Waals surface area (Å²) < 4.78 is 4.48. The quantitative estimate of drug-likeness (QED) is 0.398. The van der Waals surface area contributed by atoms with Gasteiger partial charge < -0.3 is 4.74 Å². The lowest BCUT2D eigenvalue weighted by Gasteiger charge is -2.05. The fourth-order valence-electron chi connectivity index (χ4n) is 1.44. The Morgan fingerprint density at radius 2 is 2.35 bits per heavy atom. The van der Waals surface area contributed by atoms with E-state index in [4.69, 9.17) is 0 Å². The number of thiophene rings is 1. The molecule has 1 N–H and O–H groups in total. The van der Waals surface area contributed by atoms with E-state index in [1.165, 1.54) is 18.9 Å². The standard InChI is InChI=1S/C11H15N3O4S2/c1-4-5-7-6-20-9(14(16)17)8(7)12-10(19-3)13-11(15)18-2/h6H,4-5H2,1-3H3,(H,12,13,15). The molecule has 1 aromatic heterocycles. The number of ether oxygens (including phenoxy) is 1. The molecule has 0 fully saturated rings. The lowest BCUT2D eigenvalue weighted by molar-refractivity contribution is -0.379. The van der Waals surface area contributed by atoms with Crippen molar-refractivity contribution in [1.82, 2.24) is 5.32 Å². The number of thioether (sulfide) groups is 1. The van der Waals surface area contributed by atoms with E-state index in [1.807, 2.05) is 6.92 Å². The Morgan fingerprint density at radius 3 is 2.85 bits per heavy atom. The van der Waals surface area contributed by atoms with Gasteiger partial charge >= 0.3 is 11.1 Å². The van der Waals surface area contributed by atoms with Gasteiger partial charge in [0.25, 0.3) is 0 Å². The lowest BCUT2D eigenvalue weighted by Crippen LogP contribution is -2.27. The molecule has 1 heterocycles. The summed E-state index contributed by atoms with van der Waals surface area (Å²) in [6, 6.07) is 0. The second kappa shape index (κ2) is 7.85. The molecule has 0 aliphatic carbocycles. The second-order valence-electron chi connectivity index (χ2n) is 3.66. The van der Waals surface area contributed by atoms with Crippen molar-refractivity contribution in [1.29, 1.82) is 0 Å². The number of rotatable bonds is 4. The van der Waals surface area contributed by atoms with E-state index < -0.39 is 11.0 Å². The number of aliphatic imine (C=N–C) groups is 1. The number of hydrogen-bond donors (Lipinski definition) is 1. The van der Waals surface area contributed by atoms with Gasteiger partial charge in [-0.2, -0.15) is 0 Å². The third-order valence-corrected chi connectivity index (χ3v) is 3.85. The number of carbonyl (C=O) groups excluding carboxylic acids is 1. The van der Waals surface area contributed by atoms with Crippen LogP contribution in [0.2, 0.25) is 0 Å². The molecule has 1 rings (SSSR count). The average Bonchev–Trinajstić information content (AvgIpc) is 2.81. The highest BCUT2D eigenvalue weighted by Gasteiger charge is 2.21. The van der Waals surface area contributed by atoms with Crippen molar-refractivity contribution in [2.45, 2.75) is 19.8 Å². The summed E-state index contributed by atoms with van der Waals surface area (Å²) in [6.07, 6.45) is 2.61. The van der Waals surface area contributed by atoms with E-state index in [1.54, 1.807) is 11.6 Å². The summed E-state index contributed by atoms with van der Waals surface area (Å²) in [4.78, 5) is 25.9. The van der Waals surface area contributed by atoms with Gasteiger partial charge in [-0.1, -0.05) is 36.4 Å². The number of aryl methyl sites for hydroxylation is 1. The smallest absolute Gasteiger partial charge is 0.412 e. The van der Waals surface area contributed by atoms with E-state index in [0.29, 0.717) is 12.1 Å². The molecule has 0 aromatic carbocycles. The first-order valence-corrected chi connectivity index (χ1v) is 7.86. The van der Waals surface area contributed by atoms with Gasteiger partial charge in [-0.3, -0.25) is 15.4 Å². The number of alkyl carbamates (subject to hydrolysis) is 1. The third-order valence-electron chi connectivity index (χ3n) is 2.31. The topological polar surface area (TPSA) is 93.8 Å². The summed E-state index contributed by atoms with van der Waals surface area (Å²) >= 11 is 2.22. The maximum Gasteiger partial charge on any atom is 0.412 e. The number of methoxy groups -OCH3 is 1. The van der Waals surface area contributed by atoms with Crippen LogP contribution in [0.15, 0.2) is 10.4 Å². The van der Waals surface area contributed by atoms with Crippen molar-refractivity contribution in [2.75, 3.05) is 13.4 Å². The first kappa shape index (κ1) is 16.4. The Morgan fingerprint density at radius 1 is 1.65 bits per heavy atom. The first-order chi connectivity index (χ1) is 9.53. The molecule has 0 bridgehead atoms. The Hall–Kier alpha value is -1.61. The van der Waals surface area contributed by atoms with Crippen molar-refractivity contribution >= 4 is 45.0 Å². The molecule has 1 aromatic rings. The summed E-state index contributed by atoms with van der Waals surface area (Å²) in [7, 11) is 1.24. The minimum absolute atomic E-state index is 0.0216. The number of hydrogen-bond acceptors (Lipinski definition) is 7. The molecule has 0 aliphatic heterocycles. The number of amidine groups is 1. The Labute approximate surface area is 124 Å². The SMILES string of the molecule is CCCc1csc([N+](=O)[O-])c1N=C(NC(=O)OC)SC. The monoisotopic (exact) mass is 317 g/mol. The van der Waals surface area contributed by atoms with Gasteiger partial charge in [-0.25, -0.2) is 9.79 Å². The predicted molar refractivity (Wildman–Crippen MR) is 81.1 cm³/mol. The summed E-state index contributed by atoms with van der Waals surface area (Å²) in [6.45, 7) is 1.99. The third kappa shape index (κ3) is 4.20. The van der Waals surface area contributed by atoms with Gasteiger partial charge in [-0.05, 0) is 18.2 Å². The zero-order valence-electron chi connectivity index (χ0n) is 11.3. The van der Waals surface area contributed by atoms with Crippen molar-refractivity contribution in [3.63, 3.8) is 0 Å². The van der Waals surface area contributed by atoms with Crippen LogP contribution in [0.5, 0.6) is 0 Å². The maximum absolute atomic E-state index is 11.2. The highest BCUT2D eigenvalue weighted by atomic mass is 32.2. The van der Waals surface area contributed by atoms with Crippen molar-refractivity contribution in [2.24, 2.45) is 4.99 Å². The van der Waals surface area contributed by atoms with Crippen LogP contribution >= 0.6 is 23.1 Å². The predicted octanol–water partition coefficient (Wildman–Crippen LogP) is 3.32. The minimum Gasteiger partial charge on any atom is -0.453 e. The van der Waals surface area contributed by atoms with E-state index >= 15 is 0 Å². The molecule has 0 spiro atoms. The fourth-order valence-corrected chi connectivity index (χ4v) is 2.66. The van der Waals surface area contributed by atoms with Gasteiger partial charge in [0.1, 0.15) is 0 Å². The molecule has 1 amide bonds. The molecule has 20 heavy (non-hydrogen) atoms. The second-order valence-corrected chi connectivity index (χ2v) is 5.31. The zero-order valence-corrected chi connectivity index (χ0v) is 13.0. The van der Waals surface area contributed by atoms with E-state index in [-0.39, 0.29) is 10.2 Å². The van der Waals surface area contributed by atoms with Crippen molar-refractivity contribution in [3.05, 3.63) is 21.1 Å². The zero-order chi connectivity index (χ0) is 15.1. The molecule has 0 unspecified atom stereocenters. The molecular weight excluding hydrogens is 302 g/mol. The van der Waals surface area contributed by atoms with Gasteiger partial charge in [-0.15, -0.1) is 0 Å². The van der Waals surface area contributed by atoms with Gasteiger partial charge in [0.05, 0.1) is 12.0 Å². The van der Waals surface area contributed by atoms with Crippen molar-refractivity contribution < 1.29 is 14.5 Å². The van der Waals surface area contributed by atoms with Crippen LogP contribution in [0.1, 0.15) is 18.9 Å². The summed E-state index contributed by atoms with van der Waals surface area (Å²) in [5.74, 6) is 0. The molecule has 110 valence electrons. The Bertz CT molecular complexity index is 528. The maximum atomic E-state index is 11.2. The van der Waals surface area contributed by atoms with Crippen LogP contribution in [0.25, 0.3) is 0 Å². The largest absolute Gasteiger partial charge is 0.453 e. The van der Waals surface area contributed by atoms with E-state index in [0.717, 1.165) is 23.3 Å². The van der Waals surface area contributed by atoms with Gasteiger partial charge in [0.15, 0.2) is 10.9 Å². The summed E-state index contributed by atoms with van der Waals surface area (Å²) in [5.41, 5.74) is 1.12. The fraction of sp³-hybridized carbons (Fsp3) is 0.455. The average molecular weight is 317 g/mol. The van der Waals surface area contributed by atoms with Crippen molar-refractivity contribution in [3.8, 4) is 0 Å². The number of amides is 1. The Kier molecular flexibility index (Phi) is 6.46. The van der Waals surface area contributed by atoms with Crippen LogP contribution < -0.4 is 5.32 Å². The van der Waals surface area contributed by atoms with Gasteiger partial charge in [0.2, 0.25) is 0 Å². The van der Waals surface area contributed by atoms with Crippen LogP contribution in [0, 0.1) is 10.1 Å². The molecule has 0 radical (unpaired) electrons. The normalized spacial score (nSPS) is 11.2. The molecule has 0 saturated carbocycles. The molecule has 9 heteroatoms. The van der Waals surface area contributed by atoms with Crippen LogP contribution in [0.4, 0.5) is 15.5 Å². The van der Waals surface area contributed by atoms with E-state index in [9.17, 15) is 14.9 Å². The number of nitrogens with one attached hydrogen (secondary N) is 1. The summed E-state index contributed by atoms with van der Waals surface area (Å²) in [5, 5.41) is 15.4. The number of carbonyl (C=O) groups is 1. The number of nitro groups is 1. The number of nitrogens with zero attached hydrogens (tertiary/aromatic N) is 2. The molecular formula is C11H15N3O4S2. The van der Waals surface area contributed by atoms with E-state index in [2.05, 4.69) is 15.0 Å². The highest BCUT2D eigenvalue weighted by Crippen LogP contribution is 2.39. The highest BCUT2D eigenvalue weighted by molar-refractivity contribution is 8.13. The lowest BCUT2D eigenvalue weighted by atomic mass is 10.2. The molecule has 7 nitrogen and oxygen atoms in total. The van der Waals surface area contributed by atoms with Gasteiger partial charge in [0, 0.05) is 5.38 Å².